The van der Waals surface area contributed by atoms with Crippen molar-refractivity contribution in [3.63, 3.8) is 0 Å². The summed E-state index contributed by atoms with van der Waals surface area (Å²) in [6.45, 7) is 2.13. The summed E-state index contributed by atoms with van der Waals surface area (Å²) >= 11 is 0. The lowest BCUT2D eigenvalue weighted by Gasteiger charge is -2.37. The van der Waals surface area contributed by atoms with Gasteiger partial charge in [0.1, 0.15) is 12.0 Å². The minimum atomic E-state index is -0.717. The number of rotatable bonds is 6. The molecule has 1 aromatic carbocycles. The third-order valence-corrected chi connectivity index (χ3v) is 5.79. The molecule has 2 aliphatic rings. The van der Waals surface area contributed by atoms with Gasteiger partial charge in [-0.2, -0.15) is 0 Å². The molecule has 0 radical (unpaired) electrons. The SMILES string of the molecule is Cn1ccnc1CN1C[C@@H](F)C[C@H]1CNC1CC(c2ccccc2)C1. The predicted molar refractivity (Wildman–Crippen MR) is 97.1 cm³/mol. The number of aryl methyl sites for hydroxylation is 1. The predicted octanol–water partition coefficient (Wildman–Crippen LogP) is 2.87. The minimum Gasteiger partial charge on any atom is -0.337 e. The van der Waals surface area contributed by atoms with E-state index in [1.165, 1.54) is 18.4 Å². The first-order valence-electron chi connectivity index (χ1n) is 9.31. The highest BCUT2D eigenvalue weighted by Crippen LogP contribution is 2.36. The van der Waals surface area contributed by atoms with Gasteiger partial charge in [0, 0.05) is 44.6 Å². The van der Waals surface area contributed by atoms with Gasteiger partial charge in [-0.3, -0.25) is 4.90 Å². The smallest absolute Gasteiger partial charge is 0.122 e. The number of imidazole rings is 1. The summed E-state index contributed by atoms with van der Waals surface area (Å²) in [5.74, 6) is 1.69. The van der Waals surface area contributed by atoms with Gasteiger partial charge in [-0.1, -0.05) is 30.3 Å². The summed E-state index contributed by atoms with van der Waals surface area (Å²) < 4.78 is 16.0. The maximum Gasteiger partial charge on any atom is 0.122 e. The number of nitrogens with one attached hydrogen (secondary N) is 1. The van der Waals surface area contributed by atoms with Crippen LogP contribution in [0.5, 0.6) is 0 Å². The number of nitrogens with zero attached hydrogens (tertiary/aromatic N) is 3. The molecule has 4 rings (SSSR count). The molecule has 2 heterocycles. The Morgan fingerprint density at radius 3 is 2.72 bits per heavy atom. The summed E-state index contributed by atoms with van der Waals surface area (Å²) in [5.41, 5.74) is 1.45. The van der Waals surface area contributed by atoms with E-state index in [0.717, 1.165) is 18.9 Å². The molecule has 4 nitrogen and oxygen atoms in total. The first-order chi connectivity index (χ1) is 12.2. The first kappa shape index (κ1) is 16.7. The average molecular weight is 342 g/mol. The number of hydrogen-bond donors (Lipinski definition) is 1. The van der Waals surface area contributed by atoms with Crippen molar-refractivity contribution in [2.75, 3.05) is 13.1 Å². The zero-order valence-corrected chi connectivity index (χ0v) is 14.8. The van der Waals surface area contributed by atoms with Crippen LogP contribution in [0.15, 0.2) is 42.7 Å². The van der Waals surface area contributed by atoms with Crippen LogP contribution in [-0.2, 0) is 13.6 Å². The Morgan fingerprint density at radius 2 is 2.00 bits per heavy atom. The van der Waals surface area contributed by atoms with Crippen molar-refractivity contribution in [3.8, 4) is 0 Å². The van der Waals surface area contributed by atoms with Gasteiger partial charge in [-0.05, 0) is 30.7 Å². The van der Waals surface area contributed by atoms with Crippen molar-refractivity contribution in [2.45, 2.75) is 50.0 Å². The van der Waals surface area contributed by atoms with E-state index in [4.69, 9.17) is 0 Å². The van der Waals surface area contributed by atoms with E-state index in [9.17, 15) is 4.39 Å². The molecule has 0 bridgehead atoms. The van der Waals surface area contributed by atoms with Crippen LogP contribution in [0.2, 0.25) is 0 Å². The number of benzene rings is 1. The third-order valence-electron chi connectivity index (χ3n) is 5.79. The monoisotopic (exact) mass is 342 g/mol. The van der Waals surface area contributed by atoms with Gasteiger partial charge in [-0.25, -0.2) is 9.37 Å². The van der Waals surface area contributed by atoms with E-state index in [1.54, 1.807) is 0 Å². The molecule has 5 heteroatoms. The second kappa shape index (κ2) is 7.26. The Kier molecular flexibility index (Phi) is 4.86. The molecule has 134 valence electrons. The molecular weight excluding hydrogens is 315 g/mol. The van der Waals surface area contributed by atoms with Crippen LogP contribution in [0, 0.1) is 0 Å². The van der Waals surface area contributed by atoms with E-state index >= 15 is 0 Å². The number of aromatic nitrogens is 2. The standard InChI is InChI=1S/C20H27FN4/c1-24-8-7-22-20(24)14-25-13-17(21)11-19(25)12-23-18-9-16(10-18)15-5-3-2-4-6-15/h2-8,16-19,23H,9-14H2,1H3/t16?,17-,18?,19-/m0/s1. The number of halogens is 1. The molecule has 2 atom stereocenters. The molecule has 25 heavy (non-hydrogen) atoms. The minimum absolute atomic E-state index is 0.266. The quantitative estimate of drug-likeness (QED) is 0.876. The van der Waals surface area contributed by atoms with Gasteiger partial charge in [-0.15, -0.1) is 0 Å². The molecule has 1 aliphatic heterocycles. The van der Waals surface area contributed by atoms with Crippen LogP contribution in [0.3, 0.4) is 0 Å². The molecule has 2 aromatic rings. The second-order valence-electron chi connectivity index (χ2n) is 7.55. The summed E-state index contributed by atoms with van der Waals surface area (Å²) in [6, 6.07) is 11.6. The lowest BCUT2D eigenvalue weighted by molar-refractivity contribution is 0.204. The van der Waals surface area contributed by atoms with Crippen molar-refractivity contribution < 1.29 is 4.39 Å². The topological polar surface area (TPSA) is 33.1 Å². The Hall–Kier alpha value is -1.72. The van der Waals surface area contributed by atoms with Crippen molar-refractivity contribution in [2.24, 2.45) is 7.05 Å². The van der Waals surface area contributed by atoms with Gasteiger partial charge in [0.05, 0.1) is 6.54 Å². The van der Waals surface area contributed by atoms with Crippen LogP contribution in [0.4, 0.5) is 4.39 Å². The molecule has 1 aliphatic carbocycles. The van der Waals surface area contributed by atoms with Gasteiger partial charge in [0.15, 0.2) is 0 Å². The van der Waals surface area contributed by atoms with E-state index in [2.05, 4.69) is 45.5 Å². The maximum absolute atomic E-state index is 14.0. The molecular formula is C20H27FN4. The number of likely N-dealkylation sites (tertiary alicyclic amines) is 1. The van der Waals surface area contributed by atoms with E-state index < -0.39 is 6.17 Å². The highest BCUT2D eigenvalue weighted by atomic mass is 19.1. The Bertz CT molecular complexity index is 680. The maximum atomic E-state index is 14.0. The molecule has 0 unspecified atom stereocenters. The van der Waals surface area contributed by atoms with Crippen molar-refractivity contribution in [1.29, 1.82) is 0 Å². The normalized spacial score (nSPS) is 29.7. The summed E-state index contributed by atoms with van der Waals surface area (Å²) in [5, 5.41) is 3.67. The molecule has 2 fully saturated rings. The van der Waals surface area contributed by atoms with Crippen LogP contribution in [-0.4, -0.2) is 45.8 Å². The fourth-order valence-corrected chi connectivity index (χ4v) is 4.14. The van der Waals surface area contributed by atoms with Crippen molar-refractivity contribution in [3.05, 3.63) is 54.1 Å². The molecule has 1 N–H and O–H groups in total. The Morgan fingerprint density at radius 1 is 1.20 bits per heavy atom. The second-order valence-corrected chi connectivity index (χ2v) is 7.55. The summed E-state index contributed by atoms with van der Waals surface area (Å²) in [6.07, 6.45) is 6.05. The summed E-state index contributed by atoms with van der Waals surface area (Å²) in [4.78, 5) is 6.63. The zero-order valence-electron chi connectivity index (χ0n) is 14.8. The Labute approximate surface area is 149 Å². The molecule has 0 spiro atoms. The van der Waals surface area contributed by atoms with E-state index in [1.807, 2.05) is 24.0 Å². The van der Waals surface area contributed by atoms with Crippen LogP contribution in [0.1, 0.15) is 36.6 Å². The zero-order chi connectivity index (χ0) is 17.2. The lowest BCUT2D eigenvalue weighted by Crippen LogP contribution is -2.46. The summed E-state index contributed by atoms with van der Waals surface area (Å²) in [7, 11) is 2.00. The first-order valence-corrected chi connectivity index (χ1v) is 9.31. The fraction of sp³-hybridized carbons (Fsp3) is 0.550. The highest BCUT2D eigenvalue weighted by Gasteiger charge is 2.35. The van der Waals surface area contributed by atoms with Crippen LogP contribution in [0.25, 0.3) is 0 Å². The van der Waals surface area contributed by atoms with E-state index in [-0.39, 0.29) is 6.04 Å². The highest BCUT2D eigenvalue weighted by molar-refractivity contribution is 5.22. The molecule has 1 saturated carbocycles. The number of alkyl halides is 1. The average Bonchev–Trinajstić information content (AvgIpc) is 3.13. The van der Waals surface area contributed by atoms with Gasteiger partial charge in [0.2, 0.25) is 0 Å². The molecule has 1 saturated heterocycles. The lowest BCUT2D eigenvalue weighted by atomic mass is 9.76. The number of hydrogen-bond acceptors (Lipinski definition) is 3. The Balaban J connectivity index is 1.26. The van der Waals surface area contributed by atoms with Gasteiger partial charge >= 0.3 is 0 Å². The van der Waals surface area contributed by atoms with Gasteiger partial charge in [0.25, 0.3) is 0 Å². The molecule has 0 amide bonds. The fourth-order valence-electron chi connectivity index (χ4n) is 4.14. The van der Waals surface area contributed by atoms with E-state index in [0.29, 0.717) is 24.9 Å². The van der Waals surface area contributed by atoms with Crippen LogP contribution < -0.4 is 5.32 Å². The van der Waals surface area contributed by atoms with Crippen molar-refractivity contribution >= 4 is 0 Å². The van der Waals surface area contributed by atoms with Crippen molar-refractivity contribution in [1.82, 2.24) is 19.8 Å². The third kappa shape index (κ3) is 3.77. The van der Waals surface area contributed by atoms with Gasteiger partial charge < -0.3 is 9.88 Å². The van der Waals surface area contributed by atoms with Crippen LogP contribution >= 0.6 is 0 Å². The molecule has 1 aromatic heterocycles. The largest absolute Gasteiger partial charge is 0.337 e.